The lowest BCUT2D eigenvalue weighted by Gasteiger charge is -2.12. The minimum atomic E-state index is -0.605. The van der Waals surface area contributed by atoms with Crippen molar-refractivity contribution >= 4 is 12.2 Å². The zero-order valence-electron chi connectivity index (χ0n) is 9.77. The lowest BCUT2D eigenvalue weighted by Crippen LogP contribution is -2.23. The van der Waals surface area contributed by atoms with Crippen LogP contribution in [0, 0.1) is 5.82 Å². The van der Waals surface area contributed by atoms with Gasteiger partial charge >= 0.3 is 0 Å². The average molecular weight is 239 g/mol. The monoisotopic (exact) mass is 239 g/mol. The van der Waals surface area contributed by atoms with Gasteiger partial charge in [-0.25, -0.2) is 4.39 Å². The summed E-state index contributed by atoms with van der Waals surface area (Å²) in [7, 11) is 3.25. The highest BCUT2D eigenvalue weighted by Gasteiger charge is 2.10. The van der Waals surface area contributed by atoms with E-state index >= 15 is 0 Å². The quantitative estimate of drug-likeness (QED) is 0.731. The smallest absolute Gasteiger partial charge is 0.225 e. The molecule has 0 aliphatic rings. The normalized spacial score (nSPS) is 9.82. The van der Waals surface area contributed by atoms with Crippen LogP contribution in [-0.2, 0) is 4.79 Å². The number of hydrogen-bond acceptors (Lipinski definition) is 3. The molecule has 1 rings (SSSR count). The number of amides is 1. The standard InChI is InChI=1S/C12H14FNO3/c1-14(2)11(16)6-7-17-12-9(8-15)4-3-5-10(12)13/h3-5,8H,6-7H2,1-2H3. The molecule has 17 heavy (non-hydrogen) atoms. The number of rotatable bonds is 5. The van der Waals surface area contributed by atoms with Crippen LogP contribution < -0.4 is 4.74 Å². The lowest BCUT2D eigenvalue weighted by molar-refractivity contribution is -0.129. The molecule has 92 valence electrons. The summed E-state index contributed by atoms with van der Waals surface area (Å²) >= 11 is 0. The molecule has 0 bridgehead atoms. The van der Waals surface area contributed by atoms with Gasteiger partial charge in [0.25, 0.3) is 0 Å². The molecule has 0 aliphatic carbocycles. The van der Waals surface area contributed by atoms with Crippen LogP contribution in [0.4, 0.5) is 4.39 Å². The highest BCUT2D eigenvalue weighted by atomic mass is 19.1. The molecule has 0 aliphatic heterocycles. The third kappa shape index (κ3) is 3.55. The van der Waals surface area contributed by atoms with Crippen LogP contribution in [-0.4, -0.2) is 37.8 Å². The fraction of sp³-hybridized carbons (Fsp3) is 0.333. The Morgan fingerprint density at radius 1 is 1.47 bits per heavy atom. The van der Waals surface area contributed by atoms with Crippen LogP contribution in [0.25, 0.3) is 0 Å². The molecule has 0 unspecified atom stereocenters. The van der Waals surface area contributed by atoms with E-state index in [4.69, 9.17) is 4.74 Å². The molecule has 4 nitrogen and oxygen atoms in total. The van der Waals surface area contributed by atoms with Gasteiger partial charge in [-0.2, -0.15) is 0 Å². The lowest BCUT2D eigenvalue weighted by atomic mass is 10.2. The number of ether oxygens (including phenoxy) is 1. The third-order valence-electron chi connectivity index (χ3n) is 2.19. The number of carbonyl (C=O) groups is 2. The second kappa shape index (κ2) is 5.98. The Bertz CT molecular complexity index is 418. The van der Waals surface area contributed by atoms with Crippen LogP contribution >= 0.6 is 0 Å². The predicted octanol–water partition coefficient (Wildman–Crippen LogP) is 1.50. The van der Waals surface area contributed by atoms with E-state index in [2.05, 4.69) is 0 Å². The van der Waals surface area contributed by atoms with E-state index < -0.39 is 5.82 Å². The first-order valence-electron chi connectivity index (χ1n) is 5.13. The maximum Gasteiger partial charge on any atom is 0.225 e. The number of halogens is 1. The van der Waals surface area contributed by atoms with Gasteiger partial charge in [-0.1, -0.05) is 6.07 Å². The van der Waals surface area contributed by atoms with Crippen molar-refractivity contribution in [2.75, 3.05) is 20.7 Å². The molecule has 0 fully saturated rings. The van der Waals surface area contributed by atoms with E-state index in [0.717, 1.165) is 0 Å². The van der Waals surface area contributed by atoms with Crippen molar-refractivity contribution in [2.45, 2.75) is 6.42 Å². The van der Waals surface area contributed by atoms with E-state index in [1.54, 1.807) is 14.1 Å². The van der Waals surface area contributed by atoms with Gasteiger partial charge < -0.3 is 9.64 Å². The van der Waals surface area contributed by atoms with Gasteiger partial charge in [0.1, 0.15) is 0 Å². The molecule has 0 atom stereocenters. The van der Waals surface area contributed by atoms with Crippen molar-refractivity contribution in [3.05, 3.63) is 29.6 Å². The highest BCUT2D eigenvalue weighted by molar-refractivity contribution is 5.79. The van der Waals surface area contributed by atoms with Gasteiger partial charge in [0.15, 0.2) is 17.9 Å². The predicted molar refractivity (Wildman–Crippen MR) is 60.6 cm³/mol. The van der Waals surface area contributed by atoms with E-state index in [1.165, 1.54) is 23.1 Å². The molecule has 1 amide bonds. The van der Waals surface area contributed by atoms with Crippen LogP contribution in [0.3, 0.4) is 0 Å². The van der Waals surface area contributed by atoms with Gasteiger partial charge in [0.05, 0.1) is 18.6 Å². The van der Waals surface area contributed by atoms with E-state index in [-0.39, 0.29) is 30.2 Å². The molecule has 1 aromatic rings. The molecule has 0 aromatic heterocycles. The van der Waals surface area contributed by atoms with Crippen LogP contribution in [0.1, 0.15) is 16.8 Å². The second-order valence-corrected chi connectivity index (χ2v) is 3.66. The molecule has 0 heterocycles. The van der Waals surface area contributed by atoms with Gasteiger partial charge in [-0.05, 0) is 12.1 Å². The summed E-state index contributed by atoms with van der Waals surface area (Å²) in [4.78, 5) is 23.3. The molecule has 1 aromatic carbocycles. The number of para-hydroxylation sites is 1. The van der Waals surface area contributed by atoms with Crippen molar-refractivity contribution < 1.29 is 18.7 Å². The molecule has 0 saturated carbocycles. The zero-order valence-corrected chi connectivity index (χ0v) is 9.77. The van der Waals surface area contributed by atoms with Gasteiger partial charge in [-0.15, -0.1) is 0 Å². The first kappa shape index (κ1) is 13.2. The Morgan fingerprint density at radius 3 is 2.76 bits per heavy atom. The van der Waals surface area contributed by atoms with Crippen LogP contribution in [0.5, 0.6) is 5.75 Å². The van der Waals surface area contributed by atoms with Crippen molar-refractivity contribution in [3.8, 4) is 5.75 Å². The summed E-state index contributed by atoms with van der Waals surface area (Å²) in [5.41, 5.74) is 0.141. The van der Waals surface area contributed by atoms with Gasteiger partial charge in [-0.3, -0.25) is 9.59 Å². The minimum Gasteiger partial charge on any atom is -0.489 e. The van der Waals surface area contributed by atoms with E-state index in [0.29, 0.717) is 6.29 Å². The molecular weight excluding hydrogens is 225 g/mol. The number of nitrogens with zero attached hydrogens (tertiary/aromatic N) is 1. The van der Waals surface area contributed by atoms with Crippen molar-refractivity contribution in [2.24, 2.45) is 0 Å². The van der Waals surface area contributed by atoms with Crippen LogP contribution in [0.15, 0.2) is 18.2 Å². The average Bonchev–Trinajstić information content (AvgIpc) is 2.30. The summed E-state index contributed by atoms with van der Waals surface area (Å²) in [5.74, 6) is -0.824. The summed E-state index contributed by atoms with van der Waals surface area (Å²) < 4.78 is 18.5. The maximum absolute atomic E-state index is 13.3. The highest BCUT2D eigenvalue weighted by Crippen LogP contribution is 2.21. The van der Waals surface area contributed by atoms with Crippen LogP contribution in [0.2, 0.25) is 0 Å². The number of benzene rings is 1. The van der Waals surface area contributed by atoms with E-state index in [1.807, 2.05) is 0 Å². The van der Waals surface area contributed by atoms with Crippen molar-refractivity contribution in [3.63, 3.8) is 0 Å². The van der Waals surface area contributed by atoms with Crippen molar-refractivity contribution in [1.82, 2.24) is 4.90 Å². The first-order chi connectivity index (χ1) is 8.06. The summed E-state index contributed by atoms with van der Waals surface area (Å²) in [6.07, 6.45) is 0.659. The fourth-order valence-electron chi connectivity index (χ4n) is 1.23. The fourth-order valence-corrected chi connectivity index (χ4v) is 1.23. The zero-order chi connectivity index (χ0) is 12.8. The number of hydrogen-bond donors (Lipinski definition) is 0. The topological polar surface area (TPSA) is 46.6 Å². The summed E-state index contributed by atoms with van der Waals surface area (Å²) in [6.45, 7) is 0.0405. The third-order valence-corrected chi connectivity index (χ3v) is 2.19. The molecule has 0 radical (unpaired) electrons. The second-order valence-electron chi connectivity index (χ2n) is 3.66. The van der Waals surface area contributed by atoms with Gasteiger partial charge in [0, 0.05) is 14.1 Å². The first-order valence-corrected chi connectivity index (χ1v) is 5.13. The summed E-state index contributed by atoms with van der Waals surface area (Å²) in [5, 5.41) is 0. The Kier molecular flexibility index (Phi) is 4.63. The van der Waals surface area contributed by atoms with E-state index in [9.17, 15) is 14.0 Å². The SMILES string of the molecule is CN(C)C(=O)CCOc1c(F)cccc1C=O. The van der Waals surface area contributed by atoms with Crippen molar-refractivity contribution in [1.29, 1.82) is 0 Å². The molecular formula is C12H14FNO3. The molecule has 5 heteroatoms. The number of aldehydes is 1. The summed E-state index contributed by atoms with van der Waals surface area (Å²) in [6, 6.07) is 4.09. The Morgan fingerprint density at radius 2 is 2.18 bits per heavy atom. The largest absolute Gasteiger partial charge is 0.489 e. The molecule has 0 N–H and O–H groups in total. The Hall–Kier alpha value is -1.91. The maximum atomic E-state index is 13.3. The molecule has 0 saturated heterocycles. The minimum absolute atomic E-state index is 0.0405. The molecule has 0 spiro atoms. The Labute approximate surface area is 99.0 Å². The Balaban J connectivity index is 2.63. The van der Waals surface area contributed by atoms with Gasteiger partial charge in [0.2, 0.25) is 5.91 Å². The number of carbonyl (C=O) groups excluding carboxylic acids is 2.